The van der Waals surface area contributed by atoms with Crippen molar-refractivity contribution in [1.29, 1.82) is 0 Å². The van der Waals surface area contributed by atoms with Gasteiger partial charge < -0.3 is 9.47 Å². The van der Waals surface area contributed by atoms with Gasteiger partial charge in [0, 0.05) is 5.56 Å². The van der Waals surface area contributed by atoms with E-state index in [4.69, 9.17) is 9.47 Å². The molecule has 1 aliphatic heterocycles. The van der Waals surface area contributed by atoms with Crippen LogP contribution < -0.4 is 0 Å². The average molecular weight is 294 g/mol. The maximum atomic E-state index is 12.4. The molecule has 0 saturated carbocycles. The lowest BCUT2D eigenvalue weighted by atomic mass is 9.99. The third-order valence-electron chi connectivity index (χ3n) is 3.36. The summed E-state index contributed by atoms with van der Waals surface area (Å²) in [6, 6.07) is 16.1. The molecule has 0 aromatic heterocycles. The van der Waals surface area contributed by atoms with E-state index in [9.17, 15) is 9.59 Å². The molecule has 1 aliphatic rings. The molecule has 0 unspecified atom stereocenters. The van der Waals surface area contributed by atoms with E-state index in [2.05, 4.69) is 0 Å². The number of rotatable bonds is 3. The predicted octanol–water partition coefficient (Wildman–Crippen LogP) is 3.29. The van der Waals surface area contributed by atoms with Crippen molar-refractivity contribution in [2.45, 2.75) is 6.92 Å². The van der Waals surface area contributed by atoms with Gasteiger partial charge in [0.15, 0.2) is 5.76 Å². The quantitative estimate of drug-likeness (QED) is 0.644. The molecular formula is C18H14O4. The van der Waals surface area contributed by atoms with Gasteiger partial charge in [-0.1, -0.05) is 48.5 Å². The second kappa shape index (κ2) is 5.85. The van der Waals surface area contributed by atoms with E-state index >= 15 is 0 Å². The van der Waals surface area contributed by atoms with Crippen molar-refractivity contribution in [3.63, 3.8) is 0 Å². The molecule has 2 aromatic carbocycles. The van der Waals surface area contributed by atoms with E-state index in [1.165, 1.54) is 0 Å². The van der Waals surface area contributed by atoms with Crippen molar-refractivity contribution in [1.82, 2.24) is 0 Å². The minimum absolute atomic E-state index is 0.248. The Morgan fingerprint density at radius 3 is 2.32 bits per heavy atom. The fourth-order valence-corrected chi connectivity index (χ4v) is 2.40. The number of hydrogen-bond acceptors (Lipinski definition) is 4. The zero-order valence-corrected chi connectivity index (χ0v) is 12.0. The van der Waals surface area contributed by atoms with E-state index in [0.29, 0.717) is 16.7 Å². The predicted molar refractivity (Wildman–Crippen MR) is 81.7 cm³/mol. The fraction of sp³-hybridized carbons (Fsp3) is 0.111. The molecule has 0 amide bonds. The Bertz CT molecular complexity index is 760. The van der Waals surface area contributed by atoms with Crippen LogP contribution in [0, 0.1) is 0 Å². The van der Waals surface area contributed by atoms with Crippen LogP contribution in [0.15, 0.2) is 54.6 Å². The average Bonchev–Trinajstić information content (AvgIpc) is 2.86. The molecule has 4 nitrogen and oxygen atoms in total. The fourth-order valence-electron chi connectivity index (χ4n) is 2.40. The Balaban J connectivity index is 2.22. The van der Waals surface area contributed by atoms with Crippen LogP contribution in [0.4, 0.5) is 0 Å². The number of hydrogen-bond donors (Lipinski definition) is 0. The van der Waals surface area contributed by atoms with E-state index in [1.54, 1.807) is 43.3 Å². The van der Waals surface area contributed by atoms with Gasteiger partial charge >= 0.3 is 11.9 Å². The van der Waals surface area contributed by atoms with Gasteiger partial charge in [0.1, 0.15) is 5.57 Å². The molecule has 0 atom stereocenters. The zero-order valence-electron chi connectivity index (χ0n) is 12.0. The molecule has 0 bridgehead atoms. The van der Waals surface area contributed by atoms with Crippen LogP contribution >= 0.6 is 0 Å². The van der Waals surface area contributed by atoms with Gasteiger partial charge in [0.05, 0.1) is 12.2 Å². The van der Waals surface area contributed by atoms with Crippen molar-refractivity contribution in [2.24, 2.45) is 0 Å². The molecule has 110 valence electrons. The van der Waals surface area contributed by atoms with Crippen LogP contribution in [0.3, 0.4) is 0 Å². The highest BCUT2D eigenvalue weighted by Gasteiger charge is 2.32. The molecule has 2 aromatic rings. The topological polar surface area (TPSA) is 52.6 Å². The van der Waals surface area contributed by atoms with E-state index in [1.807, 2.05) is 18.2 Å². The first-order valence-corrected chi connectivity index (χ1v) is 7.00. The molecule has 0 spiro atoms. The van der Waals surface area contributed by atoms with Gasteiger partial charge in [-0.25, -0.2) is 9.59 Å². The van der Waals surface area contributed by atoms with Crippen LogP contribution in [0.25, 0.3) is 11.3 Å². The molecule has 0 radical (unpaired) electrons. The summed E-state index contributed by atoms with van der Waals surface area (Å²) in [6.07, 6.45) is 0. The lowest BCUT2D eigenvalue weighted by molar-refractivity contribution is -0.136. The Morgan fingerprint density at radius 2 is 1.64 bits per heavy atom. The number of ether oxygens (including phenoxy) is 2. The Morgan fingerprint density at radius 1 is 1.00 bits per heavy atom. The van der Waals surface area contributed by atoms with E-state index < -0.39 is 11.9 Å². The Labute approximate surface area is 128 Å². The van der Waals surface area contributed by atoms with Gasteiger partial charge in [0.2, 0.25) is 0 Å². The summed E-state index contributed by atoms with van der Waals surface area (Å²) in [6.45, 7) is 1.98. The molecule has 0 fully saturated rings. The summed E-state index contributed by atoms with van der Waals surface area (Å²) >= 11 is 0. The van der Waals surface area contributed by atoms with E-state index in [-0.39, 0.29) is 17.9 Å². The summed E-state index contributed by atoms with van der Waals surface area (Å²) in [5, 5.41) is 0. The molecule has 1 heterocycles. The lowest BCUT2D eigenvalue weighted by Crippen LogP contribution is -2.09. The maximum Gasteiger partial charge on any atom is 0.344 e. The first-order chi connectivity index (χ1) is 10.7. The van der Waals surface area contributed by atoms with Crippen molar-refractivity contribution in [3.05, 3.63) is 71.3 Å². The van der Waals surface area contributed by atoms with Crippen molar-refractivity contribution in [2.75, 3.05) is 6.61 Å². The summed E-state index contributed by atoms with van der Waals surface area (Å²) in [4.78, 5) is 24.4. The Hall–Kier alpha value is -2.88. The molecule has 0 N–H and O–H groups in total. The van der Waals surface area contributed by atoms with Gasteiger partial charge in [-0.15, -0.1) is 0 Å². The summed E-state index contributed by atoms with van der Waals surface area (Å²) in [7, 11) is 0. The minimum Gasteiger partial charge on any atom is -0.462 e. The van der Waals surface area contributed by atoms with Gasteiger partial charge in [0.25, 0.3) is 0 Å². The summed E-state index contributed by atoms with van der Waals surface area (Å²) in [5.74, 6) is -0.707. The number of cyclic esters (lactones) is 1. The van der Waals surface area contributed by atoms with Crippen LogP contribution in [-0.2, 0) is 14.3 Å². The number of esters is 2. The minimum atomic E-state index is -0.506. The van der Waals surface area contributed by atoms with E-state index in [0.717, 1.165) is 0 Å². The first-order valence-electron chi connectivity index (χ1n) is 7.00. The third-order valence-corrected chi connectivity index (χ3v) is 3.36. The number of benzene rings is 2. The molecule has 4 heteroatoms. The zero-order chi connectivity index (χ0) is 15.5. The highest BCUT2D eigenvalue weighted by atomic mass is 16.6. The molecule has 22 heavy (non-hydrogen) atoms. The SMILES string of the molecule is CCOC(=O)C(=C1OC(=O)c2ccccc21)c1ccccc1. The molecule has 3 rings (SSSR count). The van der Waals surface area contributed by atoms with Crippen molar-refractivity contribution < 1.29 is 19.1 Å². The largest absolute Gasteiger partial charge is 0.462 e. The van der Waals surface area contributed by atoms with Gasteiger partial charge in [-0.2, -0.15) is 0 Å². The maximum absolute atomic E-state index is 12.4. The number of carbonyl (C=O) groups is 2. The van der Waals surface area contributed by atoms with Crippen molar-refractivity contribution >= 4 is 23.3 Å². The highest BCUT2D eigenvalue weighted by molar-refractivity contribution is 6.26. The van der Waals surface area contributed by atoms with Gasteiger partial charge in [-0.05, 0) is 18.6 Å². The van der Waals surface area contributed by atoms with Gasteiger partial charge in [-0.3, -0.25) is 0 Å². The van der Waals surface area contributed by atoms with Crippen LogP contribution in [0.1, 0.15) is 28.4 Å². The summed E-state index contributed by atoms with van der Waals surface area (Å²) in [5.41, 5.74) is 1.98. The third kappa shape index (κ3) is 2.39. The van der Waals surface area contributed by atoms with Crippen molar-refractivity contribution in [3.8, 4) is 0 Å². The molecule has 0 aliphatic carbocycles. The van der Waals surface area contributed by atoms with Crippen LogP contribution in [0.5, 0.6) is 0 Å². The normalized spacial score (nSPS) is 15.0. The lowest BCUT2D eigenvalue weighted by Gasteiger charge is -2.10. The second-order valence-electron chi connectivity index (χ2n) is 4.73. The molecule has 0 saturated heterocycles. The van der Waals surface area contributed by atoms with Crippen LogP contribution in [0.2, 0.25) is 0 Å². The Kier molecular flexibility index (Phi) is 3.74. The van der Waals surface area contributed by atoms with Crippen LogP contribution in [-0.4, -0.2) is 18.5 Å². The number of carbonyl (C=O) groups excluding carboxylic acids is 2. The smallest absolute Gasteiger partial charge is 0.344 e. The summed E-state index contributed by atoms with van der Waals surface area (Å²) < 4.78 is 10.5. The second-order valence-corrected chi connectivity index (χ2v) is 4.73. The monoisotopic (exact) mass is 294 g/mol. The first kappa shape index (κ1) is 14.1. The highest BCUT2D eigenvalue weighted by Crippen LogP contribution is 2.36. The molecular weight excluding hydrogens is 280 g/mol. The standard InChI is InChI=1S/C18H14O4/c1-2-21-18(20)15(12-8-4-3-5-9-12)16-13-10-6-7-11-14(13)17(19)22-16/h3-11H,2H2,1H3. The number of fused-ring (bicyclic) bond motifs is 1.